The van der Waals surface area contributed by atoms with Gasteiger partial charge in [0, 0.05) is 0 Å². The monoisotopic (exact) mass is 254 g/mol. The van der Waals surface area contributed by atoms with Crippen LogP contribution in [0.4, 0.5) is 0 Å². The molecule has 0 bridgehead atoms. The van der Waals surface area contributed by atoms with Crippen molar-refractivity contribution in [1.29, 1.82) is 0 Å². The van der Waals surface area contributed by atoms with Crippen molar-refractivity contribution in [1.82, 2.24) is 0 Å². The van der Waals surface area contributed by atoms with Crippen molar-refractivity contribution in [3.05, 3.63) is 0 Å². The summed E-state index contributed by atoms with van der Waals surface area (Å²) in [6.07, 6.45) is 1.32. The maximum absolute atomic E-state index is 2.47. The standard InChI is InChI=1S/C18H38/c1-13(2)14(3)12-17(8,9)18(10,11)15(4)16(5,6)7/h13-15H,12H2,1-11H3. The van der Waals surface area contributed by atoms with Crippen LogP contribution in [0.1, 0.15) is 82.6 Å². The van der Waals surface area contributed by atoms with Crippen LogP contribution in [0.2, 0.25) is 0 Å². The fraction of sp³-hybridized carbons (Fsp3) is 1.00. The highest BCUT2D eigenvalue weighted by atomic mass is 14.5. The summed E-state index contributed by atoms with van der Waals surface area (Å²) in [5.41, 5.74) is 1.11. The smallest absolute Gasteiger partial charge is 0.0272 e. The van der Waals surface area contributed by atoms with E-state index in [-0.39, 0.29) is 0 Å². The molecule has 0 heterocycles. The maximum atomic E-state index is 2.47. The van der Waals surface area contributed by atoms with Crippen LogP contribution in [0.3, 0.4) is 0 Å². The third-order valence-electron chi connectivity index (χ3n) is 6.10. The van der Waals surface area contributed by atoms with E-state index >= 15 is 0 Å². The summed E-state index contributed by atoms with van der Waals surface area (Å²) in [6, 6.07) is 0. The van der Waals surface area contributed by atoms with Gasteiger partial charge in [-0.1, -0.05) is 76.2 Å². The van der Waals surface area contributed by atoms with Gasteiger partial charge >= 0.3 is 0 Å². The maximum Gasteiger partial charge on any atom is -0.0272 e. The minimum atomic E-state index is 0.356. The van der Waals surface area contributed by atoms with Gasteiger partial charge in [0.05, 0.1) is 0 Å². The van der Waals surface area contributed by atoms with Crippen LogP contribution in [0, 0.1) is 34.0 Å². The van der Waals surface area contributed by atoms with Crippen molar-refractivity contribution in [2.75, 3.05) is 0 Å². The molecular formula is C18H38. The third-order valence-corrected chi connectivity index (χ3v) is 6.10. The van der Waals surface area contributed by atoms with Crippen molar-refractivity contribution < 1.29 is 0 Å². The Balaban J connectivity index is 5.08. The predicted molar refractivity (Wildman–Crippen MR) is 84.8 cm³/mol. The first-order valence-electron chi connectivity index (χ1n) is 7.73. The van der Waals surface area contributed by atoms with Gasteiger partial charge in [0.2, 0.25) is 0 Å². The molecule has 0 saturated carbocycles. The average molecular weight is 255 g/mol. The zero-order valence-corrected chi connectivity index (χ0v) is 14.9. The number of hydrogen-bond donors (Lipinski definition) is 0. The van der Waals surface area contributed by atoms with Crippen molar-refractivity contribution in [2.24, 2.45) is 34.0 Å². The van der Waals surface area contributed by atoms with E-state index in [2.05, 4.69) is 76.2 Å². The second-order valence-electron chi connectivity index (χ2n) is 9.12. The second kappa shape index (κ2) is 5.55. The number of rotatable bonds is 5. The fourth-order valence-electron chi connectivity index (χ4n) is 2.97. The highest BCUT2D eigenvalue weighted by molar-refractivity contribution is 4.94. The first-order valence-corrected chi connectivity index (χ1v) is 7.73. The van der Waals surface area contributed by atoms with Crippen LogP contribution in [-0.2, 0) is 0 Å². The lowest BCUT2D eigenvalue weighted by Crippen LogP contribution is -2.44. The van der Waals surface area contributed by atoms with E-state index in [1.807, 2.05) is 0 Å². The molecule has 2 unspecified atom stereocenters. The van der Waals surface area contributed by atoms with Crippen molar-refractivity contribution in [2.45, 2.75) is 82.6 Å². The lowest BCUT2D eigenvalue weighted by Gasteiger charge is -2.52. The zero-order chi connectivity index (χ0) is 14.9. The Hall–Kier alpha value is 0. The van der Waals surface area contributed by atoms with Gasteiger partial charge in [-0.25, -0.2) is 0 Å². The summed E-state index contributed by atoms with van der Waals surface area (Å²) in [5.74, 6) is 2.29. The second-order valence-corrected chi connectivity index (χ2v) is 9.12. The van der Waals surface area contributed by atoms with Crippen LogP contribution < -0.4 is 0 Å². The molecular weight excluding hydrogens is 216 g/mol. The Kier molecular flexibility index (Phi) is 5.55. The predicted octanol–water partition coefficient (Wildman–Crippen LogP) is 6.40. The lowest BCUT2D eigenvalue weighted by molar-refractivity contribution is -0.0250. The Labute approximate surface area is 117 Å². The molecule has 0 rings (SSSR count). The molecule has 0 aromatic heterocycles. The van der Waals surface area contributed by atoms with Crippen LogP contribution in [0.5, 0.6) is 0 Å². The van der Waals surface area contributed by atoms with Gasteiger partial charge in [0.1, 0.15) is 0 Å². The van der Waals surface area contributed by atoms with Gasteiger partial charge in [-0.3, -0.25) is 0 Å². The topological polar surface area (TPSA) is 0 Å². The molecule has 0 fully saturated rings. The Morgan fingerprint density at radius 3 is 1.39 bits per heavy atom. The molecule has 0 aromatic carbocycles. The van der Waals surface area contributed by atoms with Crippen molar-refractivity contribution >= 4 is 0 Å². The molecule has 0 heteroatoms. The highest BCUT2D eigenvalue weighted by Gasteiger charge is 2.45. The van der Waals surface area contributed by atoms with E-state index in [0.717, 1.165) is 11.8 Å². The molecule has 0 spiro atoms. The Bertz CT molecular complexity index is 250. The van der Waals surface area contributed by atoms with Gasteiger partial charge < -0.3 is 0 Å². The minimum absolute atomic E-state index is 0.356. The minimum Gasteiger partial charge on any atom is -0.0625 e. The quantitative estimate of drug-likeness (QED) is 0.532. The molecule has 0 aliphatic heterocycles. The number of hydrogen-bond acceptors (Lipinski definition) is 0. The molecule has 0 nitrogen and oxygen atoms in total. The van der Waals surface area contributed by atoms with E-state index in [1.165, 1.54) is 6.42 Å². The van der Waals surface area contributed by atoms with Crippen molar-refractivity contribution in [3.63, 3.8) is 0 Å². The van der Waals surface area contributed by atoms with E-state index in [0.29, 0.717) is 22.2 Å². The molecule has 0 saturated heterocycles. The van der Waals surface area contributed by atoms with Gasteiger partial charge in [0.15, 0.2) is 0 Å². The van der Waals surface area contributed by atoms with Crippen LogP contribution >= 0.6 is 0 Å². The molecule has 0 aliphatic rings. The summed E-state index contributed by atoms with van der Waals surface area (Å²) in [4.78, 5) is 0. The third kappa shape index (κ3) is 4.00. The summed E-state index contributed by atoms with van der Waals surface area (Å²) >= 11 is 0. The Morgan fingerprint density at radius 2 is 1.11 bits per heavy atom. The largest absolute Gasteiger partial charge is 0.0625 e. The molecule has 0 N–H and O–H groups in total. The molecule has 18 heavy (non-hydrogen) atoms. The van der Waals surface area contributed by atoms with E-state index in [4.69, 9.17) is 0 Å². The average Bonchev–Trinajstić information content (AvgIpc) is 2.13. The van der Waals surface area contributed by atoms with Crippen LogP contribution in [-0.4, -0.2) is 0 Å². The molecule has 0 amide bonds. The SMILES string of the molecule is CC(C)C(C)CC(C)(C)C(C)(C)C(C)C(C)(C)C. The molecule has 0 radical (unpaired) electrons. The fourth-order valence-corrected chi connectivity index (χ4v) is 2.97. The zero-order valence-electron chi connectivity index (χ0n) is 14.9. The summed E-state index contributed by atoms with van der Waals surface area (Å²) < 4.78 is 0. The van der Waals surface area contributed by atoms with Gasteiger partial charge in [-0.2, -0.15) is 0 Å². The van der Waals surface area contributed by atoms with Crippen LogP contribution in [0.15, 0.2) is 0 Å². The molecule has 0 aromatic rings. The summed E-state index contributed by atoms with van der Waals surface area (Å²) in [6.45, 7) is 26.5. The Morgan fingerprint density at radius 1 is 0.722 bits per heavy atom. The molecule has 0 aliphatic carbocycles. The first-order chi connectivity index (χ1) is 7.73. The van der Waals surface area contributed by atoms with Gasteiger partial charge in [0.25, 0.3) is 0 Å². The highest BCUT2D eigenvalue weighted by Crippen LogP contribution is 2.53. The van der Waals surface area contributed by atoms with Gasteiger partial charge in [-0.05, 0) is 40.4 Å². The van der Waals surface area contributed by atoms with E-state index in [1.54, 1.807) is 0 Å². The summed E-state index contributed by atoms with van der Waals surface area (Å²) in [5, 5.41) is 0. The molecule has 110 valence electrons. The lowest BCUT2D eigenvalue weighted by atomic mass is 9.53. The van der Waals surface area contributed by atoms with Crippen LogP contribution in [0.25, 0.3) is 0 Å². The summed E-state index contributed by atoms with van der Waals surface area (Å²) in [7, 11) is 0. The normalized spacial score (nSPS) is 18.0. The van der Waals surface area contributed by atoms with E-state index in [9.17, 15) is 0 Å². The first kappa shape index (κ1) is 18.0. The van der Waals surface area contributed by atoms with Gasteiger partial charge in [-0.15, -0.1) is 0 Å². The van der Waals surface area contributed by atoms with Crippen molar-refractivity contribution in [3.8, 4) is 0 Å². The molecule has 2 atom stereocenters. The van der Waals surface area contributed by atoms with E-state index < -0.39 is 0 Å².